The molecule has 1 unspecified atom stereocenters. The molecule has 0 aliphatic carbocycles. The number of ether oxygens (including phenoxy) is 3. The van der Waals surface area contributed by atoms with Crippen molar-refractivity contribution in [3.05, 3.63) is 12.7 Å². The first-order valence-electron chi connectivity index (χ1n) is 4.70. The predicted molar refractivity (Wildman–Crippen MR) is 53.1 cm³/mol. The van der Waals surface area contributed by atoms with Gasteiger partial charge in [-0.05, 0) is 6.42 Å². The molecule has 0 aromatic heterocycles. The fourth-order valence-corrected chi connectivity index (χ4v) is 0.847. The van der Waals surface area contributed by atoms with E-state index in [1.165, 1.54) is 0 Å². The number of carbonyl (C=O) groups is 1. The fraction of sp³-hybridized carbons (Fsp3) is 0.700. The van der Waals surface area contributed by atoms with Gasteiger partial charge in [0.1, 0.15) is 6.10 Å². The van der Waals surface area contributed by atoms with E-state index in [9.17, 15) is 4.79 Å². The maximum absolute atomic E-state index is 10.1. The van der Waals surface area contributed by atoms with Crippen LogP contribution < -0.4 is 0 Å². The molecule has 0 aromatic carbocycles. The molecule has 0 rings (SSSR count). The molecule has 0 bridgehead atoms. The molecule has 0 radical (unpaired) electrons. The van der Waals surface area contributed by atoms with Crippen molar-refractivity contribution in [3.8, 4) is 0 Å². The third-order valence-corrected chi connectivity index (χ3v) is 1.44. The molecule has 1 atom stereocenters. The summed E-state index contributed by atoms with van der Waals surface area (Å²) in [5, 5.41) is 0. The lowest BCUT2D eigenvalue weighted by molar-refractivity contribution is -0.140. The third kappa shape index (κ3) is 7.76. The van der Waals surface area contributed by atoms with E-state index < -0.39 is 0 Å². The zero-order valence-corrected chi connectivity index (χ0v) is 8.61. The quantitative estimate of drug-likeness (QED) is 0.303. The summed E-state index contributed by atoms with van der Waals surface area (Å²) in [5.74, 6) is 0. The van der Waals surface area contributed by atoms with Crippen LogP contribution in [0.4, 0.5) is 0 Å². The summed E-state index contributed by atoms with van der Waals surface area (Å²) in [6.07, 6.45) is 2.27. The Kier molecular flexibility index (Phi) is 9.58. The second-order valence-corrected chi connectivity index (χ2v) is 2.76. The van der Waals surface area contributed by atoms with Crippen molar-refractivity contribution in [2.45, 2.75) is 19.4 Å². The number of carbonyl (C=O) groups excluding carboxylic acids is 1. The molecule has 0 spiro atoms. The Balaban J connectivity index is 3.53. The van der Waals surface area contributed by atoms with Crippen LogP contribution in [-0.4, -0.2) is 39.0 Å². The van der Waals surface area contributed by atoms with Crippen LogP contribution >= 0.6 is 0 Å². The lowest BCUT2D eigenvalue weighted by atomic mass is 10.4. The first-order chi connectivity index (χ1) is 6.85. The molecule has 0 aliphatic rings. The molecule has 82 valence electrons. The minimum absolute atomic E-state index is 0.320. The van der Waals surface area contributed by atoms with Gasteiger partial charge in [0.15, 0.2) is 0 Å². The average molecular weight is 202 g/mol. The van der Waals surface area contributed by atoms with Crippen molar-refractivity contribution < 1.29 is 19.0 Å². The second kappa shape index (κ2) is 10.2. The first kappa shape index (κ1) is 13.1. The lowest BCUT2D eigenvalue weighted by Crippen LogP contribution is -2.25. The standard InChI is InChI=1S/C10H18O4/c1-3-5-12-7-10(14-9-11)8-13-6-4-2/h3,9-10H,1,4-8H2,2H3. The van der Waals surface area contributed by atoms with E-state index in [0.717, 1.165) is 6.42 Å². The normalized spacial score (nSPS) is 12.1. The van der Waals surface area contributed by atoms with Crippen LogP contribution in [0.2, 0.25) is 0 Å². The van der Waals surface area contributed by atoms with Crippen LogP contribution in [0, 0.1) is 0 Å². The van der Waals surface area contributed by atoms with Gasteiger partial charge in [-0.25, -0.2) is 0 Å². The molecular formula is C10H18O4. The molecule has 4 nitrogen and oxygen atoms in total. The van der Waals surface area contributed by atoms with Gasteiger partial charge in [0.05, 0.1) is 19.8 Å². The maximum Gasteiger partial charge on any atom is 0.293 e. The Hall–Kier alpha value is -0.870. The third-order valence-electron chi connectivity index (χ3n) is 1.44. The van der Waals surface area contributed by atoms with Crippen LogP contribution in [0.5, 0.6) is 0 Å². The molecule has 0 N–H and O–H groups in total. The van der Waals surface area contributed by atoms with E-state index in [4.69, 9.17) is 14.2 Å². The van der Waals surface area contributed by atoms with Gasteiger partial charge in [-0.15, -0.1) is 6.58 Å². The van der Waals surface area contributed by atoms with E-state index in [0.29, 0.717) is 32.9 Å². The Labute approximate surface area is 84.8 Å². The molecular weight excluding hydrogens is 184 g/mol. The molecule has 14 heavy (non-hydrogen) atoms. The van der Waals surface area contributed by atoms with E-state index >= 15 is 0 Å². The lowest BCUT2D eigenvalue weighted by Gasteiger charge is -2.14. The highest BCUT2D eigenvalue weighted by Crippen LogP contribution is 1.94. The maximum atomic E-state index is 10.1. The number of hydrogen-bond donors (Lipinski definition) is 0. The molecule has 0 amide bonds. The van der Waals surface area contributed by atoms with E-state index in [-0.39, 0.29) is 6.10 Å². The van der Waals surface area contributed by atoms with Gasteiger partial charge in [0.25, 0.3) is 6.47 Å². The van der Waals surface area contributed by atoms with Crippen molar-refractivity contribution >= 4 is 6.47 Å². The van der Waals surface area contributed by atoms with Crippen molar-refractivity contribution in [1.29, 1.82) is 0 Å². The molecule has 0 saturated carbocycles. The van der Waals surface area contributed by atoms with Gasteiger partial charge >= 0.3 is 0 Å². The van der Waals surface area contributed by atoms with Gasteiger partial charge < -0.3 is 14.2 Å². The summed E-state index contributed by atoms with van der Waals surface area (Å²) < 4.78 is 15.2. The summed E-state index contributed by atoms with van der Waals surface area (Å²) in [5.41, 5.74) is 0. The zero-order chi connectivity index (χ0) is 10.6. The SMILES string of the molecule is C=CCOCC(COCCC)OC=O. The smallest absolute Gasteiger partial charge is 0.293 e. The predicted octanol–water partition coefficient (Wildman–Crippen LogP) is 1.16. The van der Waals surface area contributed by atoms with Gasteiger partial charge in [0.2, 0.25) is 0 Å². The van der Waals surface area contributed by atoms with Crippen LogP contribution in [0.15, 0.2) is 12.7 Å². The van der Waals surface area contributed by atoms with Crippen molar-refractivity contribution in [1.82, 2.24) is 0 Å². The Morgan fingerprint density at radius 1 is 1.36 bits per heavy atom. The first-order valence-corrected chi connectivity index (χ1v) is 4.70. The average Bonchev–Trinajstić information content (AvgIpc) is 2.18. The van der Waals surface area contributed by atoms with Crippen molar-refractivity contribution in [2.24, 2.45) is 0 Å². The van der Waals surface area contributed by atoms with Gasteiger partial charge in [-0.1, -0.05) is 13.0 Å². The van der Waals surface area contributed by atoms with Gasteiger partial charge in [-0.2, -0.15) is 0 Å². The highest BCUT2D eigenvalue weighted by atomic mass is 16.6. The summed E-state index contributed by atoms with van der Waals surface area (Å²) in [7, 11) is 0. The summed E-state index contributed by atoms with van der Waals surface area (Å²) in [6.45, 7) is 7.78. The number of hydrogen-bond acceptors (Lipinski definition) is 4. The molecule has 0 aromatic rings. The molecule has 0 heterocycles. The van der Waals surface area contributed by atoms with Crippen molar-refractivity contribution in [2.75, 3.05) is 26.4 Å². The summed E-state index contributed by atoms with van der Waals surface area (Å²) >= 11 is 0. The van der Waals surface area contributed by atoms with Crippen molar-refractivity contribution in [3.63, 3.8) is 0 Å². The van der Waals surface area contributed by atoms with E-state index in [1.54, 1.807) is 6.08 Å². The molecule has 4 heteroatoms. The minimum Gasteiger partial charge on any atom is -0.460 e. The highest BCUT2D eigenvalue weighted by molar-refractivity contribution is 5.37. The summed E-state index contributed by atoms with van der Waals surface area (Å²) in [6, 6.07) is 0. The fourth-order valence-electron chi connectivity index (χ4n) is 0.847. The van der Waals surface area contributed by atoms with E-state index in [2.05, 4.69) is 6.58 Å². The van der Waals surface area contributed by atoms with Gasteiger partial charge in [0, 0.05) is 6.61 Å². The Morgan fingerprint density at radius 3 is 2.64 bits per heavy atom. The molecule has 0 saturated heterocycles. The summed E-state index contributed by atoms with van der Waals surface area (Å²) in [4.78, 5) is 10.1. The van der Waals surface area contributed by atoms with Crippen LogP contribution in [0.1, 0.15) is 13.3 Å². The highest BCUT2D eigenvalue weighted by Gasteiger charge is 2.08. The second-order valence-electron chi connectivity index (χ2n) is 2.76. The monoisotopic (exact) mass is 202 g/mol. The molecule has 0 aliphatic heterocycles. The Morgan fingerprint density at radius 2 is 2.07 bits per heavy atom. The number of rotatable bonds is 10. The largest absolute Gasteiger partial charge is 0.460 e. The van der Waals surface area contributed by atoms with Crippen LogP contribution in [0.25, 0.3) is 0 Å². The Bertz CT molecular complexity index is 147. The van der Waals surface area contributed by atoms with Crippen LogP contribution in [0.3, 0.4) is 0 Å². The topological polar surface area (TPSA) is 44.8 Å². The minimum atomic E-state index is -0.320. The van der Waals surface area contributed by atoms with Gasteiger partial charge in [-0.3, -0.25) is 4.79 Å². The van der Waals surface area contributed by atoms with E-state index in [1.807, 2.05) is 6.92 Å². The zero-order valence-electron chi connectivity index (χ0n) is 8.61. The van der Waals surface area contributed by atoms with Crippen LogP contribution in [-0.2, 0) is 19.0 Å². The molecule has 0 fully saturated rings.